The minimum atomic E-state index is -0.679. The normalized spacial score (nSPS) is 13.0. The maximum Gasteiger partial charge on any atom is 0.421 e. The molecular weight excluding hydrogens is 385 g/mol. The van der Waals surface area contributed by atoms with E-state index in [9.17, 15) is 9.18 Å². The van der Waals surface area contributed by atoms with Crippen molar-refractivity contribution in [3.05, 3.63) is 54.1 Å². The van der Waals surface area contributed by atoms with Crippen molar-refractivity contribution in [3.8, 4) is 11.1 Å². The van der Waals surface area contributed by atoms with Crippen molar-refractivity contribution >= 4 is 23.4 Å². The van der Waals surface area contributed by atoms with Crippen LogP contribution < -0.4 is 10.2 Å². The lowest BCUT2D eigenvalue weighted by atomic mass is 10.0. The SMILES string of the molecule is Cn1nccc1N(C(=O)OC(C)(C)C)c1cc(-c2cc(F)c3c(c2)CCN3)ccn1. The fraction of sp³-hybridized carbons (Fsp3) is 0.318. The van der Waals surface area contributed by atoms with Crippen LogP contribution in [0.3, 0.4) is 0 Å². The van der Waals surface area contributed by atoms with Crippen molar-refractivity contribution in [1.29, 1.82) is 0 Å². The van der Waals surface area contributed by atoms with Gasteiger partial charge in [-0.1, -0.05) is 0 Å². The summed E-state index contributed by atoms with van der Waals surface area (Å²) in [7, 11) is 1.74. The Kier molecular flexibility index (Phi) is 4.93. The van der Waals surface area contributed by atoms with Crippen LogP contribution in [0.4, 0.5) is 26.5 Å². The number of carbonyl (C=O) groups is 1. The number of aromatic nitrogens is 3. The molecule has 1 aliphatic heterocycles. The molecule has 0 unspecified atom stereocenters. The highest BCUT2D eigenvalue weighted by Crippen LogP contribution is 2.34. The van der Waals surface area contributed by atoms with Crippen LogP contribution in [0.2, 0.25) is 0 Å². The Balaban J connectivity index is 1.77. The second kappa shape index (κ2) is 7.44. The number of aryl methyl sites for hydroxylation is 1. The average molecular weight is 409 g/mol. The van der Waals surface area contributed by atoms with Crippen LogP contribution in [-0.2, 0) is 18.2 Å². The lowest BCUT2D eigenvalue weighted by molar-refractivity contribution is 0.0596. The van der Waals surface area contributed by atoms with Crippen molar-refractivity contribution < 1.29 is 13.9 Å². The van der Waals surface area contributed by atoms with E-state index in [0.717, 1.165) is 29.7 Å². The molecule has 0 fully saturated rings. The van der Waals surface area contributed by atoms with E-state index in [4.69, 9.17) is 4.74 Å². The zero-order chi connectivity index (χ0) is 21.5. The third-order valence-electron chi connectivity index (χ3n) is 4.78. The zero-order valence-electron chi connectivity index (χ0n) is 17.4. The van der Waals surface area contributed by atoms with Crippen LogP contribution in [0.25, 0.3) is 11.1 Å². The molecule has 0 aliphatic carbocycles. The molecule has 2 aromatic heterocycles. The van der Waals surface area contributed by atoms with E-state index < -0.39 is 11.7 Å². The van der Waals surface area contributed by atoms with Gasteiger partial charge in [0.15, 0.2) is 0 Å². The summed E-state index contributed by atoms with van der Waals surface area (Å²) in [5.74, 6) is 0.594. The number of amides is 1. The van der Waals surface area contributed by atoms with Gasteiger partial charge in [0.25, 0.3) is 0 Å². The maximum atomic E-state index is 14.5. The van der Waals surface area contributed by atoms with Crippen molar-refractivity contribution in [2.45, 2.75) is 32.8 Å². The molecule has 1 aromatic carbocycles. The van der Waals surface area contributed by atoms with Crippen molar-refractivity contribution in [2.24, 2.45) is 7.05 Å². The Labute approximate surface area is 174 Å². The highest BCUT2D eigenvalue weighted by Gasteiger charge is 2.28. The first kappa shape index (κ1) is 19.9. The van der Waals surface area contributed by atoms with Gasteiger partial charge in [0, 0.05) is 25.9 Å². The first-order valence-corrected chi connectivity index (χ1v) is 9.77. The monoisotopic (exact) mass is 409 g/mol. The fourth-order valence-electron chi connectivity index (χ4n) is 3.47. The fourth-order valence-corrected chi connectivity index (χ4v) is 3.47. The Morgan fingerprint density at radius 2 is 2.00 bits per heavy atom. The molecular formula is C22H24FN5O2. The lowest BCUT2D eigenvalue weighted by Crippen LogP contribution is -2.35. The van der Waals surface area contributed by atoms with Gasteiger partial charge in [-0.3, -0.25) is 4.68 Å². The number of halogens is 1. The number of benzene rings is 1. The van der Waals surface area contributed by atoms with E-state index in [-0.39, 0.29) is 5.82 Å². The molecule has 1 amide bonds. The van der Waals surface area contributed by atoms with Gasteiger partial charge < -0.3 is 10.1 Å². The number of rotatable bonds is 3. The number of hydrogen-bond donors (Lipinski definition) is 1. The van der Waals surface area contributed by atoms with Gasteiger partial charge in [0.1, 0.15) is 23.1 Å². The van der Waals surface area contributed by atoms with Crippen LogP contribution in [-0.4, -0.2) is 33.0 Å². The van der Waals surface area contributed by atoms with Gasteiger partial charge in [-0.05, 0) is 68.1 Å². The Bertz CT molecular complexity index is 1100. The molecule has 4 rings (SSSR count). The zero-order valence-corrected chi connectivity index (χ0v) is 17.4. The number of nitrogens with one attached hydrogen (secondary N) is 1. The molecule has 3 heterocycles. The molecule has 0 saturated carbocycles. The summed E-state index contributed by atoms with van der Waals surface area (Å²) in [5.41, 5.74) is 2.32. The summed E-state index contributed by atoms with van der Waals surface area (Å²) in [4.78, 5) is 18.8. The highest BCUT2D eigenvalue weighted by molar-refractivity contribution is 5.94. The molecule has 1 N–H and O–H groups in total. The van der Waals surface area contributed by atoms with Gasteiger partial charge in [-0.25, -0.2) is 19.1 Å². The summed E-state index contributed by atoms with van der Waals surface area (Å²) in [5, 5.41) is 7.23. The maximum absolute atomic E-state index is 14.5. The predicted octanol–water partition coefficient (Wildman–Crippen LogP) is 4.66. The molecule has 3 aromatic rings. The van der Waals surface area contributed by atoms with Crippen LogP contribution in [0, 0.1) is 5.82 Å². The minimum Gasteiger partial charge on any atom is -0.443 e. The first-order chi connectivity index (χ1) is 14.2. The van der Waals surface area contributed by atoms with Gasteiger partial charge in [-0.2, -0.15) is 5.10 Å². The van der Waals surface area contributed by atoms with Gasteiger partial charge >= 0.3 is 6.09 Å². The molecule has 0 bridgehead atoms. The predicted molar refractivity (Wildman–Crippen MR) is 113 cm³/mol. The van der Waals surface area contributed by atoms with Crippen LogP contribution in [0.1, 0.15) is 26.3 Å². The van der Waals surface area contributed by atoms with E-state index in [2.05, 4.69) is 15.4 Å². The van der Waals surface area contributed by atoms with E-state index in [0.29, 0.717) is 17.3 Å². The second-order valence-corrected chi connectivity index (χ2v) is 8.20. The molecule has 0 spiro atoms. The first-order valence-electron chi connectivity index (χ1n) is 9.77. The molecule has 0 atom stereocenters. The number of pyridine rings is 1. The molecule has 156 valence electrons. The van der Waals surface area contributed by atoms with E-state index in [1.807, 2.05) is 6.07 Å². The molecule has 1 aliphatic rings. The average Bonchev–Trinajstić information content (AvgIpc) is 3.30. The summed E-state index contributed by atoms with van der Waals surface area (Å²) in [6.45, 7) is 6.14. The number of carbonyl (C=O) groups excluding carboxylic acids is 1. The van der Waals surface area contributed by atoms with Gasteiger partial charge in [0.2, 0.25) is 0 Å². The smallest absolute Gasteiger partial charge is 0.421 e. The van der Waals surface area contributed by atoms with Crippen LogP contribution in [0.15, 0.2) is 42.7 Å². The van der Waals surface area contributed by atoms with Crippen molar-refractivity contribution in [1.82, 2.24) is 14.8 Å². The molecule has 0 radical (unpaired) electrons. The van der Waals surface area contributed by atoms with E-state index >= 15 is 0 Å². The highest BCUT2D eigenvalue weighted by atomic mass is 19.1. The van der Waals surface area contributed by atoms with Crippen LogP contribution >= 0.6 is 0 Å². The second-order valence-electron chi connectivity index (χ2n) is 8.20. The Morgan fingerprint density at radius 3 is 2.70 bits per heavy atom. The summed E-state index contributed by atoms with van der Waals surface area (Å²) in [6.07, 6.45) is 3.40. The Morgan fingerprint density at radius 1 is 1.20 bits per heavy atom. The minimum absolute atomic E-state index is 0.283. The summed E-state index contributed by atoms with van der Waals surface area (Å²) in [6, 6.07) is 8.72. The molecule has 30 heavy (non-hydrogen) atoms. The number of anilines is 3. The molecule has 8 heteroatoms. The van der Waals surface area contributed by atoms with Gasteiger partial charge in [0.05, 0.1) is 11.9 Å². The quantitative estimate of drug-likeness (QED) is 0.681. The Hall–Kier alpha value is -3.42. The molecule has 7 nitrogen and oxygen atoms in total. The van der Waals surface area contributed by atoms with Gasteiger partial charge in [-0.15, -0.1) is 0 Å². The van der Waals surface area contributed by atoms with Crippen molar-refractivity contribution in [3.63, 3.8) is 0 Å². The van der Waals surface area contributed by atoms with Crippen molar-refractivity contribution in [2.75, 3.05) is 16.8 Å². The topological polar surface area (TPSA) is 72.3 Å². The standard InChI is InChI=1S/C22H24FN5O2/c1-22(2,3)30-21(29)28(19-7-10-26-27(19)4)18-13-14(5-8-24-18)16-11-15-6-9-25-20(15)17(23)12-16/h5,7-8,10-13,25H,6,9H2,1-4H3. The van der Waals surface area contributed by atoms with E-state index in [1.165, 1.54) is 11.0 Å². The van der Waals surface area contributed by atoms with E-state index in [1.54, 1.807) is 63.1 Å². The number of hydrogen-bond acceptors (Lipinski definition) is 5. The largest absolute Gasteiger partial charge is 0.443 e. The number of nitrogens with zero attached hydrogens (tertiary/aromatic N) is 4. The third-order valence-corrected chi connectivity index (χ3v) is 4.78. The molecule has 0 saturated heterocycles. The number of fused-ring (bicyclic) bond motifs is 1. The summed E-state index contributed by atoms with van der Waals surface area (Å²) >= 11 is 0. The lowest BCUT2D eigenvalue weighted by Gasteiger charge is -2.26. The number of ether oxygens (including phenoxy) is 1. The third kappa shape index (κ3) is 3.85. The van der Waals surface area contributed by atoms with Crippen LogP contribution in [0.5, 0.6) is 0 Å². The summed E-state index contributed by atoms with van der Waals surface area (Å²) < 4.78 is 21.7.